The maximum atomic E-state index is 11.2. The van der Waals surface area contributed by atoms with Gasteiger partial charge in [-0.05, 0) is 30.4 Å². The van der Waals surface area contributed by atoms with E-state index in [0.717, 1.165) is 10.2 Å². The molecule has 0 saturated heterocycles. The lowest BCUT2D eigenvalue weighted by Crippen LogP contribution is -1.99. The Bertz CT molecular complexity index is 541. The summed E-state index contributed by atoms with van der Waals surface area (Å²) in [6, 6.07) is 5.32. The lowest BCUT2D eigenvalue weighted by molar-refractivity contribution is 0.0601. The maximum absolute atomic E-state index is 11.2. The van der Waals surface area contributed by atoms with Gasteiger partial charge in [-0.15, -0.1) is 11.3 Å². The lowest BCUT2D eigenvalue weighted by Gasteiger charge is -1.97. The summed E-state index contributed by atoms with van der Waals surface area (Å²) in [7, 11) is 1.37. The molecule has 0 aliphatic carbocycles. The van der Waals surface area contributed by atoms with Gasteiger partial charge in [-0.1, -0.05) is 0 Å². The predicted octanol–water partition coefficient (Wildman–Crippen LogP) is 2.75. The summed E-state index contributed by atoms with van der Waals surface area (Å²) in [6.45, 7) is 0. The zero-order valence-corrected chi connectivity index (χ0v) is 9.00. The van der Waals surface area contributed by atoms with Gasteiger partial charge in [0, 0.05) is 0 Å². The monoisotopic (exact) mass is 225 g/mol. The molecule has 1 heterocycles. The Kier molecular flexibility index (Phi) is 2.35. The normalized spacial score (nSPS) is 10.4. The highest BCUT2D eigenvalue weighted by atomic mass is 32.1. The van der Waals surface area contributed by atoms with Crippen LogP contribution in [0.4, 0.5) is 0 Å². The Hall–Kier alpha value is -1.20. The first kappa shape index (κ1) is 9.36. The van der Waals surface area contributed by atoms with Crippen molar-refractivity contribution in [2.45, 2.75) is 0 Å². The van der Waals surface area contributed by atoms with Gasteiger partial charge in [0.15, 0.2) is 3.95 Å². The summed E-state index contributed by atoms with van der Waals surface area (Å²) in [6.07, 6.45) is 0. The van der Waals surface area contributed by atoms with Gasteiger partial charge < -0.3 is 9.72 Å². The number of carbonyl (C=O) groups is 1. The molecule has 14 heavy (non-hydrogen) atoms. The number of aromatic nitrogens is 1. The van der Waals surface area contributed by atoms with E-state index in [0.29, 0.717) is 9.52 Å². The predicted molar refractivity (Wildman–Crippen MR) is 58.3 cm³/mol. The van der Waals surface area contributed by atoms with Crippen molar-refractivity contribution >= 4 is 39.7 Å². The Morgan fingerprint density at radius 1 is 1.57 bits per heavy atom. The fourth-order valence-electron chi connectivity index (χ4n) is 1.19. The molecule has 0 bridgehead atoms. The number of hydrogen-bond donors (Lipinski definition) is 1. The molecule has 0 spiro atoms. The number of thiazole rings is 1. The Balaban J connectivity index is 2.61. The Morgan fingerprint density at radius 3 is 3.07 bits per heavy atom. The number of benzene rings is 1. The number of nitrogens with one attached hydrogen (secondary N) is 1. The highest BCUT2D eigenvalue weighted by Gasteiger charge is 2.06. The minimum atomic E-state index is -0.328. The summed E-state index contributed by atoms with van der Waals surface area (Å²) in [5, 5.41) is 0. The second-order valence-corrected chi connectivity index (χ2v) is 4.44. The van der Waals surface area contributed by atoms with E-state index in [1.165, 1.54) is 18.4 Å². The zero-order valence-electron chi connectivity index (χ0n) is 7.37. The van der Waals surface area contributed by atoms with Gasteiger partial charge in [0.25, 0.3) is 0 Å². The van der Waals surface area contributed by atoms with Crippen molar-refractivity contribution < 1.29 is 9.53 Å². The first-order valence-corrected chi connectivity index (χ1v) is 5.14. The molecule has 5 heteroatoms. The van der Waals surface area contributed by atoms with Crippen LogP contribution >= 0.6 is 23.6 Å². The van der Waals surface area contributed by atoms with Crippen LogP contribution in [0.2, 0.25) is 0 Å². The maximum Gasteiger partial charge on any atom is 0.337 e. The number of methoxy groups -OCH3 is 1. The highest BCUT2D eigenvalue weighted by molar-refractivity contribution is 7.73. The molecule has 1 aromatic heterocycles. The molecule has 0 amide bonds. The molecule has 0 aliphatic rings. The van der Waals surface area contributed by atoms with Gasteiger partial charge in [-0.25, -0.2) is 4.79 Å². The van der Waals surface area contributed by atoms with E-state index >= 15 is 0 Å². The van der Waals surface area contributed by atoms with Crippen molar-refractivity contribution in [3.8, 4) is 0 Å². The molecule has 0 atom stereocenters. The summed E-state index contributed by atoms with van der Waals surface area (Å²) >= 11 is 6.44. The summed E-state index contributed by atoms with van der Waals surface area (Å²) in [5.74, 6) is -0.328. The largest absolute Gasteiger partial charge is 0.465 e. The van der Waals surface area contributed by atoms with Crippen LogP contribution in [0, 0.1) is 3.95 Å². The molecule has 1 N–H and O–H groups in total. The molecule has 0 unspecified atom stereocenters. The SMILES string of the molecule is COC(=O)c1ccc2[nH]c(=S)sc2c1. The third kappa shape index (κ3) is 1.56. The van der Waals surface area contributed by atoms with E-state index in [9.17, 15) is 4.79 Å². The van der Waals surface area contributed by atoms with Crippen LogP contribution in [0.25, 0.3) is 10.2 Å². The number of rotatable bonds is 1. The summed E-state index contributed by atoms with van der Waals surface area (Å²) in [4.78, 5) is 14.2. The van der Waals surface area contributed by atoms with Crippen LogP contribution in [0.1, 0.15) is 10.4 Å². The fraction of sp³-hybridized carbons (Fsp3) is 0.111. The van der Waals surface area contributed by atoms with Crippen molar-refractivity contribution in [3.05, 3.63) is 27.7 Å². The lowest BCUT2D eigenvalue weighted by atomic mass is 10.2. The van der Waals surface area contributed by atoms with Gasteiger partial charge in [0.05, 0.1) is 22.9 Å². The zero-order chi connectivity index (χ0) is 10.1. The van der Waals surface area contributed by atoms with E-state index in [1.807, 2.05) is 6.07 Å². The quantitative estimate of drug-likeness (QED) is 0.599. The highest BCUT2D eigenvalue weighted by Crippen LogP contribution is 2.20. The molecule has 2 aromatic rings. The van der Waals surface area contributed by atoms with E-state index in [1.54, 1.807) is 12.1 Å². The molecular weight excluding hydrogens is 218 g/mol. The van der Waals surface area contributed by atoms with Crippen LogP contribution in [-0.2, 0) is 4.74 Å². The van der Waals surface area contributed by atoms with Gasteiger partial charge in [-0.3, -0.25) is 0 Å². The summed E-state index contributed by atoms with van der Waals surface area (Å²) in [5.41, 5.74) is 1.50. The van der Waals surface area contributed by atoms with E-state index in [2.05, 4.69) is 9.72 Å². The van der Waals surface area contributed by atoms with Crippen molar-refractivity contribution in [3.63, 3.8) is 0 Å². The first-order valence-electron chi connectivity index (χ1n) is 3.92. The number of H-pyrrole nitrogens is 1. The minimum absolute atomic E-state index is 0.328. The Labute approximate surface area is 89.3 Å². The van der Waals surface area contributed by atoms with Crippen LogP contribution in [0.15, 0.2) is 18.2 Å². The topological polar surface area (TPSA) is 42.1 Å². The van der Waals surface area contributed by atoms with Gasteiger partial charge in [0.1, 0.15) is 0 Å². The van der Waals surface area contributed by atoms with Gasteiger partial charge in [-0.2, -0.15) is 0 Å². The number of esters is 1. The van der Waals surface area contributed by atoms with Crippen LogP contribution in [0.5, 0.6) is 0 Å². The average molecular weight is 225 g/mol. The second kappa shape index (κ2) is 3.51. The number of aromatic amines is 1. The molecule has 1 aromatic carbocycles. The van der Waals surface area contributed by atoms with Crippen LogP contribution in [0.3, 0.4) is 0 Å². The van der Waals surface area contributed by atoms with Crippen LogP contribution < -0.4 is 0 Å². The van der Waals surface area contributed by atoms with Crippen LogP contribution in [-0.4, -0.2) is 18.1 Å². The van der Waals surface area contributed by atoms with Crippen molar-refractivity contribution in [1.82, 2.24) is 4.98 Å². The van der Waals surface area contributed by atoms with Crippen molar-refractivity contribution in [1.29, 1.82) is 0 Å². The molecule has 0 radical (unpaired) electrons. The fourth-order valence-corrected chi connectivity index (χ4v) is 2.35. The smallest absolute Gasteiger partial charge is 0.337 e. The number of hydrogen-bond acceptors (Lipinski definition) is 4. The molecule has 0 aliphatic heterocycles. The molecule has 3 nitrogen and oxygen atoms in total. The molecule has 0 fully saturated rings. The third-order valence-electron chi connectivity index (χ3n) is 1.84. The molecular formula is C9H7NO2S2. The second-order valence-electron chi connectivity index (χ2n) is 2.72. The van der Waals surface area contributed by atoms with Crippen molar-refractivity contribution in [2.24, 2.45) is 0 Å². The van der Waals surface area contributed by atoms with E-state index in [-0.39, 0.29) is 5.97 Å². The van der Waals surface area contributed by atoms with E-state index < -0.39 is 0 Å². The molecule has 0 saturated carbocycles. The average Bonchev–Trinajstić information content (AvgIpc) is 2.55. The molecule has 2 rings (SSSR count). The standard InChI is InChI=1S/C9H7NO2S2/c1-12-8(11)5-2-3-6-7(4-5)14-9(13)10-6/h2-4H,1H3,(H,10,13). The Morgan fingerprint density at radius 2 is 2.36 bits per heavy atom. The van der Waals surface area contributed by atoms with Gasteiger partial charge in [0.2, 0.25) is 0 Å². The summed E-state index contributed by atoms with van der Waals surface area (Å²) < 4.78 is 6.30. The van der Waals surface area contributed by atoms with E-state index in [4.69, 9.17) is 12.2 Å². The number of fused-ring (bicyclic) bond motifs is 1. The number of ether oxygens (including phenoxy) is 1. The molecule has 72 valence electrons. The van der Waals surface area contributed by atoms with Crippen molar-refractivity contribution in [2.75, 3.05) is 7.11 Å². The third-order valence-corrected chi connectivity index (χ3v) is 3.04. The minimum Gasteiger partial charge on any atom is -0.465 e. The number of carbonyl (C=O) groups excluding carboxylic acids is 1. The van der Waals surface area contributed by atoms with Gasteiger partial charge >= 0.3 is 5.97 Å². The first-order chi connectivity index (χ1) is 6.70.